The van der Waals surface area contributed by atoms with Gasteiger partial charge in [0.05, 0.1) is 17.3 Å². The molecule has 3 rings (SSSR count). The fourth-order valence-corrected chi connectivity index (χ4v) is 3.13. The highest BCUT2D eigenvalue weighted by molar-refractivity contribution is 6.35. The van der Waals surface area contributed by atoms with E-state index in [0.717, 1.165) is 16.9 Å². The van der Waals surface area contributed by atoms with Gasteiger partial charge in [0.2, 0.25) is 0 Å². The average molecular weight is 430 g/mol. The zero-order chi connectivity index (χ0) is 20.8. The van der Waals surface area contributed by atoms with Crippen LogP contribution in [0.5, 0.6) is 11.5 Å². The number of benzene rings is 3. The second-order valence-corrected chi connectivity index (χ2v) is 7.23. The van der Waals surface area contributed by atoms with E-state index in [1.54, 1.807) is 36.4 Å². The van der Waals surface area contributed by atoms with Gasteiger partial charge in [-0.3, -0.25) is 4.79 Å². The highest BCUT2D eigenvalue weighted by Crippen LogP contribution is 2.27. The molecule has 0 aliphatic rings. The number of hydrogen-bond donors (Lipinski definition) is 1. The van der Waals surface area contributed by atoms with E-state index >= 15 is 0 Å². The molecule has 0 saturated heterocycles. The molecular formula is C23H21Cl2NO3. The number of para-hydroxylation sites is 1. The molecule has 0 bridgehead atoms. The summed E-state index contributed by atoms with van der Waals surface area (Å²) in [6.45, 7) is 4.69. The molecule has 4 nitrogen and oxygen atoms in total. The van der Waals surface area contributed by atoms with Gasteiger partial charge >= 0.3 is 0 Å². The smallest absolute Gasteiger partial charge is 0.255 e. The number of carbonyl (C=O) groups excluding carboxylic acids is 1. The minimum absolute atomic E-state index is 0.277. The van der Waals surface area contributed by atoms with Gasteiger partial charge in [0.1, 0.15) is 18.1 Å². The zero-order valence-corrected chi connectivity index (χ0v) is 17.7. The van der Waals surface area contributed by atoms with E-state index in [2.05, 4.69) is 5.32 Å². The number of ether oxygens (including phenoxy) is 2. The molecule has 3 aromatic carbocycles. The average Bonchev–Trinajstić information content (AvgIpc) is 2.71. The Morgan fingerprint density at radius 1 is 0.966 bits per heavy atom. The van der Waals surface area contributed by atoms with Gasteiger partial charge in [-0.25, -0.2) is 0 Å². The lowest BCUT2D eigenvalue weighted by Gasteiger charge is -2.14. The maximum Gasteiger partial charge on any atom is 0.255 e. The minimum atomic E-state index is -0.297. The summed E-state index contributed by atoms with van der Waals surface area (Å²) in [6, 6.07) is 17.9. The molecule has 3 aromatic rings. The van der Waals surface area contributed by atoms with E-state index in [9.17, 15) is 4.79 Å². The molecule has 0 radical (unpaired) electrons. The van der Waals surface area contributed by atoms with Crippen molar-refractivity contribution in [1.82, 2.24) is 0 Å². The highest BCUT2D eigenvalue weighted by Gasteiger charge is 2.13. The lowest BCUT2D eigenvalue weighted by molar-refractivity contribution is 0.102. The third-order valence-corrected chi connectivity index (χ3v) is 4.84. The molecular weight excluding hydrogens is 409 g/mol. The van der Waals surface area contributed by atoms with E-state index < -0.39 is 0 Å². The summed E-state index contributed by atoms with van der Waals surface area (Å²) < 4.78 is 11.6. The van der Waals surface area contributed by atoms with Crippen LogP contribution in [0.1, 0.15) is 28.4 Å². The summed E-state index contributed by atoms with van der Waals surface area (Å²) in [5.74, 6) is 1.17. The summed E-state index contributed by atoms with van der Waals surface area (Å²) in [4.78, 5) is 12.7. The van der Waals surface area contributed by atoms with Crippen molar-refractivity contribution < 1.29 is 14.3 Å². The Hall–Kier alpha value is -2.69. The molecule has 1 amide bonds. The Labute approximate surface area is 180 Å². The second kappa shape index (κ2) is 9.68. The number of rotatable bonds is 7. The molecule has 0 spiro atoms. The highest BCUT2D eigenvalue weighted by atomic mass is 35.5. The molecule has 6 heteroatoms. The van der Waals surface area contributed by atoms with Crippen LogP contribution in [0.25, 0.3) is 0 Å². The zero-order valence-electron chi connectivity index (χ0n) is 16.2. The van der Waals surface area contributed by atoms with Crippen molar-refractivity contribution in [3.8, 4) is 11.5 Å². The fraction of sp³-hybridized carbons (Fsp3) is 0.174. The number of carbonyl (C=O) groups is 1. The number of aryl methyl sites for hydroxylation is 1. The van der Waals surface area contributed by atoms with Crippen LogP contribution in [0.3, 0.4) is 0 Å². The van der Waals surface area contributed by atoms with Crippen molar-refractivity contribution in [2.45, 2.75) is 20.5 Å². The van der Waals surface area contributed by atoms with Gasteiger partial charge in [0, 0.05) is 16.1 Å². The third-order valence-electron chi connectivity index (χ3n) is 4.28. The molecule has 1 N–H and O–H groups in total. The first kappa shape index (κ1) is 21.0. The van der Waals surface area contributed by atoms with Crippen molar-refractivity contribution in [1.29, 1.82) is 0 Å². The van der Waals surface area contributed by atoms with Crippen LogP contribution >= 0.6 is 23.2 Å². The molecule has 0 aliphatic carbocycles. The van der Waals surface area contributed by atoms with E-state index in [-0.39, 0.29) is 12.5 Å². The van der Waals surface area contributed by atoms with E-state index in [1.807, 2.05) is 38.1 Å². The number of halogens is 2. The lowest BCUT2D eigenvalue weighted by Crippen LogP contribution is -2.13. The first-order valence-electron chi connectivity index (χ1n) is 9.18. The normalized spacial score (nSPS) is 10.5. The monoisotopic (exact) mass is 429 g/mol. The topological polar surface area (TPSA) is 47.6 Å². The summed E-state index contributed by atoms with van der Waals surface area (Å²) in [6.07, 6.45) is 0. The van der Waals surface area contributed by atoms with Crippen LogP contribution in [0, 0.1) is 6.92 Å². The van der Waals surface area contributed by atoms with Crippen LogP contribution in [0.2, 0.25) is 10.0 Å². The maximum absolute atomic E-state index is 12.7. The molecule has 0 aliphatic heterocycles. The van der Waals surface area contributed by atoms with Gasteiger partial charge < -0.3 is 14.8 Å². The van der Waals surface area contributed by atoms with E-state index in [4.69, 9.17) is 32.7 Å². The number of nitrogens with one attached hydrogen (secondary N) is 1. The predicted molar refractivity (Wildman–Crippen MR) is 118 cm³/mol. The van der Waals surface area contributed by atoms with Gasteiger partial charge in [-0.2, -0.15) is 0 Å². The summed E-state index contributed by atoms with van der Waals surface area (Å²) in [5, 5.41) is 3.70. The second-order valence-electron chi connectivity index (χ2n) is 6.39. The van der Waals surface area contributed by atoms with Crippen molar-refractivity contribution in [3.63, 3.8) is 0 Å². The number of anilines is 1. The third kappa shape index (κ3) is 5.43. The molecule has 29 heavy (non-hydrogen) atoms. The molecule has 0 saturated carbocycles. The van der Waals surface area contributed by atoms with Crippen molar-refractivity contribution in [2.24, 2.45) is 0 Å². The predicted octanol–water partition coefficient (Wildman–Crippen LogP) is 6.53. The van der Waals surface area contributed by atoms with Crippen molar-refractivity contribution in [2.75, 3.05) is 11.9 Å². The molecule has 0 unspecified atom stereocenters. The first-order chi connectivity index (χ1) is 14.0. The Morgan fingerprint density at radius 2 is 1.76 bits per heavy atom. The Balaban J connectivity index is 1.82. The lowest BCUT2D eigenvalue weighted by atomic mass is 10.1. The van der Waals surface area contributed by atoms with Gasteiger partial charge in [0.25, 0.3) is 5.91 Å². The van der Waals surface area contributed by atoms with Crippen LogP contribution in [-0.4, -0.2) is 12.5 Å². The summed E-state index contributed by atoms with van der Waals surface area (Å²) in [7, 11) is 0. The Morgan fingerprint density at radius 3 is 2.52 bits per heavy atom. The van der Waals surface area contributed by atoms with Gasteiger partial charge in [0.15, 0.2) is 0 Å². The number of amides is 1. The van der Waals surface area contributed by atoms with Crippen LogP contribution in [0.15, 0.2) is 60.7 Å². The minimum Gasteiger partial charge on any atom is -0.493 e. The molecule has 0 atom stereocenters. The molecule has 0 heterocycles. The van der Waals surface area contributed by atoms with Crippen LogP contribution < -0.4 is 14.8 Å². The first-order valence-corrected chi connectivity index (χ1v) is 9.94. The van der Waals surface area contributed by atoms with Gasteiger partial charge in [-0.15, -0.1) is 0 Å². The number of hydrogen-bond acceptors (Lipinski definition) is 3. The largest absolute Gasteiger partial charge is 0.493 e. The Kier molecular flexibility index (Phi) is 7.02. The Bertz CT molecular complexity index is 1020. The van der Waals surface area contributed by atoms with Gasteiger partial charge in [-0.05, 0) is 61.9 Å². The summed E-state index contributed by atoms with van der Waals surface area (Å²) >= 11 is 12.1. The van der Waals surface area contributed by atoms with Crippen molar-refractivity contribution >= 4 is 34.8 Å². The SMILES string of the molecule is CCOc1ccc(C(=O)Nc2cc(Cl)ccc2Cl)cc1COc1ccccc1C. The quantitative estimate of drug-likeness (QED) is 0.464. The van der Waals surface area contributed by atoms with Crippen LogP contribution in [-0.2, 0) is 6.61 Å². The molecule has 0 aromatic heterocycles. The fourth-order valence-electron chi connectivity index (χ4n) is 2.79. The van der Waals surface area contributed by atoms with Crippen LogP contribution in [0.4, 0.5) is 5.69 Å². The van der Waals surface area contributed by atoms with Gasteiger partial charge in [-0.1, -0.05) is 41.4 Å². The maximum atomic E-state index is 12.7. The van der Waals surface area contributed by atoms with E-state index in [1.165, 1.54) is 0 Å². The molecule has 0 fully saturated rings. The molecule has 150 valence electrons. The van der Waals surface area contributed by atoms with Crippen molar-refractivity contribution in [3.05, 3.63) is 87.4 Å². The summed E-state index contributed by atoms with van der Waals surface area (Å²) in [5.41, 5.74) is 2.73. The standard InChI is InChI=1S/C23H21Cl2NO3/c1-3-28-22-11-8-16(23(27)26-20-13-18(24)9-10-19(20)25)12-17(22)14-29-21-7-5-4-6-15(21)2/h4-13H,3,14H2,1-2H3,(H,26,27). The van der Waals surface area contributed by atoms with E-state index in [0.29, 0.717) is 33.7 Å².